The molecule has 0 saturated heterocycles. The van der Waals surface area contributed by atoms with Crippen LogP contribution in [0, 0.1) is 13.8 Å². The van der Waals surface area contributed by atoms with Crippen LogP contribution >= 0.6 is 0 Å². The van der Waals surface area contributed by atoms with Gasteiger partial charge in [0.2, 0.25) is 5.69 Å². The van der Waals surface area contributed by atoms with Crippen LogP contribution in [-0.2, 0) is 7.05 Å². The van der Waals surface area contributed by atoms with E-state index >= 15 is 0 Å². The average molecular weight is 327 g/mol. The van der Waals surface area contributed by atoms with Crippen LogP contribution in [-0.4, -0.2) is 9.97 Å². The van der Waals surface area contributed by atoms with Gasteiger partial charge in [0.15, 0.2) is 5.69 Å². The zero-order valence-electron chi connectivity index (χ0n) is 15.6. The normalized spacial score (nSPS) is 11.6. The van der Waals surface area contributed by atoms with Crippen molar-refractivity contribution in [3.05, 3.63) is 78.5 Å². The summed E-state index contributed by atoms with van der Waals surface area (Å²) in [5.41, 5.74) is 6.42. The third-order valence-electron chi connectivity index (χ3n) is 4.72. The Balaban J connectivity index is 2.06. The van der Waals surface area contributed by atoms with Gasteiger partial charge in [-0.2, -0.15) is 4.57 Å². The second kappa shape index (κ2) is 6.10. The van der Waals surface area contributed by atoms with Gasteiger partial charge in [0.05, 0.1) is 12.3 Å². The first kappa shape index (κ1) is 14.3. The van der Waals surface area contributed by atoms with Crippen molar-refractivity contribution in [2.75, 3.05) is 0 Å². The second-order valence-electron chi connectivity index (χ2n) is 6.31. The molecule has 122 valence electrons. The predicted molar refractivity (Wildman–Crippen MR) is 101 cm³/mol. The second-order valence-corrected chi connectivity index (χ2v) is 6.31. The third kappa shape index (κ3) is 2.68. The number of aromatic nitrogens is 3. The van der Waals surface area contributed by atoms with Gasteiger partial charge < -0.3 is 0 Å². The molecule has 0 aliphatic heterocycles. The van der Waals surface area contributed by atoms with E-state index in [1.807, 2.05) is 50.8 Å². The standard InChI is InChI=1S/C22H20N3/c1-15-8-10-24-14-21(15)22-20-7-6-17(18-5-4-9-23-13-18)12-19(20)11-16(2)25(22)3/h4-14H,1-3H3/q+1/i11D. The topological polar surface area (TPSA) is 29.7 Å². The van der Waals surface area contributed by atoms with Crippen molar-refractivity contribution < 1.29 is 5.94 Å². The Morgan fingerprint density at radius 3 is 2.56 bits per heavy atom. The van der Waals surface area contributed by atoms with Gasteiger partial charge in [0.25, 0.3) is 0 Å². The van der Waals surface area contributed by atoms with E-state index in [0.29, 0.717) is 6.04 Å². The lowest BCUT2D eigenvalue weighted by Gasteiger charge is -2.10. The average Bonchev–Trinajstić information content (AvgIpc) is 2.68. The summed E-state index contributed by atoms with van der Waals surface area (Å²) in [7, 11) is 2.02. The highest BCUT2D eigenvalue weighted by Gasteiger charge is 2.20. The molecule has 0 amide bonds. The first-order valence-corrected chi connectivity index (χ1v) is 8.32. The van der Waals surface area contributed by atoms with E-state index in [2.05, 4.69) is 39.7 Å². The summed E-state index contributed by atoms with van der Waals surface area (Å²) < 4.78 is 10.7. The van der Waals surface area contributed by atoms with Crippen LogP contribution in [0.4, 0.5) is 0 Å². The van der Waals surface area contributed by atoms with Crippen molar-refractivity contribution in [1.82, 2.24) is 9.97 Å². The number of hydrogen-bond acceptors (Lipinski definition) is 2. The van der Waals surface area contributed by atoms with Crippen LogP contribution in [0.15, 0.2) is 67.2 Å². The molecule has 4 rings (SSSR count). The van der Waals surface area contributed by atoms with Crippen LogP contribution in [0.25, 0.3) is 33.2 Å². The number of fused-ring (bicyclic) bond motifs is 1. The summed E-state index contributed by atoms with van der Waals surface area (Å²) in [6.07, 6.45) is 7.34. The van der Waals surface area contributed by atoms with Crippen molar-refractivity contribution in [3.8, 4) is 22.4 Å². The summed E-state index contributed by atoms with van der Waals surface area (Å²) in [5.74, 6) is 0. The monoisotopic (exact) mass is 327 g/mol. The molecule has 0 unspecified atom stereocenters. The molecular weight excluding hydrogens is 306 g/mol. The maximum atomic E-state index is 8.65. The first-order chi connectivity index (χ1) is 12.6. The summed E-state index contributed by atoms with van der Waals surface area (Å²) in [6.45, 7) is 4.09. The van der Waals surface area contributed by atoms with Crippen molar-refractivity contribution >= 4 is 10.8 Å². The number of nitrogens with zero attached hydrogens (tertiary/aromatic N) is 3. The van der Waals surface area contributed by atoms with Crippen molar-refractivity contribution in [2.24, 2.45) is 7.05 Å². The van der Waals surface area contributed by atoms with Gasteiger partial charge in [0.1, 0.15) is 7.05 Å². The van der Waals surface area contributed by atoms with Gasteiger partial charge in [0, 0.05) is 43.3 Å². The van der Waals surface area contributed by atoms with Gasteiger partial charge in [-0.3, -0.25) is 9.97 Å². The molecule has 4 aromatic rings. The van der Waals surface area contributed by atoms with Crippen LogP contribution < -0.4 is 4.57 Å². The highest BCUT2D eigenvalue weighted by molar-refractivity contribution is 5.96. The fourth-order valence-electron chi connectivity index (χ4n) is 3.23. The van der Waals surface area contributed by atoms with Crippen molar-refractivity contribution in [1.29, 1.82) is 0 Å². The molecule has 0 aliphatic rings. The summed E-state index contributed by atoms with van der Waals surface area (Å²) >= 11 is 0. The van der Waals surface area contributed by atoms with Crippen LogP contribution in [0.3, 0.4) is 0 Å². The number of aryl methyl sites for hydroxylation is 1. The Kier molecular flexibility index (Phi) is 3.48. The Morgan fingerprint density at radius 2 is 1.80 bits per heavy atom. The van der Waals surface area contributed by atoms with E-state index < -0.39 is 0 Å². The van der Waals surface area contributed by atoms with E-state index in [1.54, 1.807) is 6.20 Å². The van der Waals surface area contributed by atoms with E-state index in [4.69, 9.17) is 1.37 Å². The molecule has 0 fully saturated rings. The lowest BCUT2D eigenvalue weighted by Crippen LogP contribution is -2.35. The molecule has 3 nitrogen and oxygen atoms in total. The van der Waals surface area contributed by atoms with Gasteiger partial charge >= 0.3 is 0 Å². The zero-order chi connectivity index (χ0) is 18.3. The van der Waals surface area contributed by atoms with Gasteiger partial charge in [-0.25, -0.2) is 0 Å². The maximum absolute atomic E-state index is 8.65. The molecule has 0 spiro atoms. The summed E-state index contributed by atoms with van der Waals surface area (Å²) in [5, 5.41) is 2.01. The molecule has 0 radical (unpaired) electrons. The van der Waals surface area contributed by atoms with Gasteiger partial charge in [-0.15, -0.1) is 0 Å². The van der Waals surface area contributed by atoms with Crippen LogP contribution in [0.5, 0.6) is 0 Å². The molecule has 3 heteroatoms. The van der Waals surface area contributed by atoms with Gasteiger partial charge in [-0.1, -0.05) is 12.1 Å². The quantitative estimate of drug-likeness (QED) is 0.511. The molecule has 25 heavy (non-hydrogen) atoms. The Morgan fingerprint density at radius 1 is 0.960 bits per heavy atom. The number of hydrogen-bond donors (Lipinski definition) is 0. The SMILES string of the molecule is [2H]c1c(C)[n+](C)c(-c2cnccc2C)c2ccc(-c3cccnc3)cc12. The van der Waals surface area contributed by atoms with E-state index in [-0.39, 0.29) is 0 Å². The molecule has 3 aromatic heterocycles. The largest absolute Gasteiger partial charge is 0.264 e. The molecule has 0 atom stereocenters. The molecule has 1 aromatic carbocycles. The smallest absolute Gasteiger partial charge is 0.222 e. The summed E-state index contributed by atoms with van der Waals surface area (Å²) in [4.78, 5) is 8.53. The Bertz CT molecular complexity index is 1120. The maximum Gasteiger partial charge on any atom is 0.222 e. The highest BCUT2D eigenvalue weighted by atomic mass is 14.9. The Hall–Kier alpha value is -3.07. The summed E-state index contributed by atoms with van der Waals surface area (Å²) in [6, 6.07) is 12.9. The first-order valence-electron chi connectivity index (χ1n) is 8.82. The Labute approximate surface area is 149 Å². The molecular formula is C22H20N3+. The lowest BCUT2D eigenvalue weighted by molar-refractivity contribution is -0.665. The highest BCUT2D eigenvalue weighted by Crippen LogP contribution is 2.31. The molecule has 0 aliphatic carbocycles. The zero-order valence-corrected chi connectivity index (χ0v) is 14.6. The number of pyridine rings is 3. The number of benzene rings is 1. The van der Waals surface area contributed by atoms with Gasteiger partial charge in [-0.05, 0) is 47.7 Å². The molecule has 0 N–H and O–H groups in total. The minimum Gasteiger partial charge on any atom is -0.264 e. The van der Waals surface area contributed by atoms with E-state index in [0.717, 1.165) is 38.9 Å². The van der Waals surface area contributed by atoms with E-state index in [1.165, 1.54) is 5.56 Å². The third-order valence-corrected chi connectivity index (χ3v) is 4.72. The predicted octanol–water partition coefficient (Wildman–Crippen LogP) is 4.41. The van der Waals surface area contributed by atoms with E-state index in [9.17, 15) is 0 Å². The molecule has 0 saturated carbocycles. The fraction of sp³-hybridized carbons (Fsp3) is 0.136. The fourth-order valence-corrected chi connectivity index (χ4v) is 3.23. The lowest BCUT2D eigenvalue weighted by atomic mass is 9.97. The van der Waals surface area contributed by atoms with Crippen LogP contribution in [0.2, 0.25) is 0 Å². The minimum atomic E-state index is 0.554. The van der Waals surface area contributed by atoms with Crippen LogP contribution in [0.1, 0.15) is 12.6 Å². The minimum absolute atomic E-state index is 0.554. The number of rotatable bonds is 2. The van der Waals surface area contributed by atoms with Crippen molar-refractivity contribution in [3.63, 3.8) is 0 Å². The van der Waals surface area contributed by atoms with Crippen molar-refractivity contribution in [2.45, 2.75) is 13.8 Å². The molecule has 0 bridgehead atoms. The molecule has 3 heterocycles.